The Morgan fingerprint density at radius 2 is 1.97 bits per heavy atom. The molecular formula is C26H29NO4S. The molecule has 0 N–H and O–H groups in total. The number of nitrogens with zero attached hydrogens (tertiary/aromatic N) is 1. The molecule has 3 aromatic rings. The number of benzene rings is 1. The molecule has 6 heteroatoms. The molecule has 1 saturated carbocycles. The van der Waals surface area contributed by atoms with Crippen molar-refractivity contribution in [2.75, 3.05) is 6.61 Å². The predicted molar refractivity (Wildman–Crippen MR) is 127 cm³/mol. The number of hydrogen-bond acceptors (Lipinski definition) is 6. The van der Waals surface area contributed by atoms with Crippen LogP contribution in [0.4, 0.5) is 0 Å². The molecule has 0 amide bonds. The molecule has 0 spiro atoms. The Morgan fingerprint density at radius 3 is 2.72 bits per heavy atom. The molecule has 1 aromatic carbocycles. The van der Waals surface area contributed by atoms with Gasteiger partial charge in [-0.05, 0) is 54.2 Å². The van der Waals surface area contributed by atoms with E-state index in [1.165, 1.54) is 0 Å². The number of carbonyl (C=O) groups is 2. The minimum atomic E-state index is -0.546. The maximum atomic E-state index is 12.9. The van der Waals surface area contributed by atoms with Crippen molar-refractivity contribution < 1.29 is 19.1 Å². The lowest BCUT2D eigenvalue weighted by Gasteiger charge is -2.36. The van der Waals surface area contributed by atoms with Crippen molar-refractivity contribution in [2.24, 2.45) is 17.8 Å². The van der Waals surface area contributed by atoms with Crippen LogP contribution >= 0.6 is 11.3 Å². The first kappa shape index (κ1) is 22.5. The van der Waals surface area contributed by atoms with Crippen molar-refractivity contribution in [1.29, 1.82) is 0 Å². The lowest BCUT2D eigenvalue weighted by Crippen LogP contribution is -2.36. The first-order valence-corrected chi connectivity index (χ1v) is 12.1. The molecule has 2 aromatic heterocycles. The van der Waals surface area contributed by atoms with Crippen LogP contribution in [0.2, 0.25) is 0 Å². The van der Waals surface area contributed by atoms with Crippen LogP contribution in [0.25, 0.3) is 21.5 Å². The van der Waals surface area contributed by atoms with Gasteiger partial charge in [0, 0.05) is 5.39 Å². The number of aromatic nitrogens is 1. The number of hydrogen-bond donors (Lipinski definition) is 0. The smallest absolute Gasteiger partial charge is 0.344 e. The number of fused-ring (bicyclic) bond motifs is 1. The molecule has 168 valence electrons. The fourth-order valence-electron chi connectivity index (χ4n) is 4.55. The van der Waals surface area contributed by atoms with Gasteiger partial charge in [0.1, 0.15) is 6.10 Å². The Hall–Kier alpha value is -2.73. The summed E-state index contributed by atoms with van der Waals surface area (Å²) in [6.07, 6.45) is 2.97. The molecule has 4 rings (SSSR count). The molecule has 5 nitrogen and oxygen atoms in total. The Bertz CT molecular complexity index is 1090. The summed E-state index contributed by atoms with van der Waals surface area (Å²) in [5, 5.41) is 2.67. The first-order valence-electron chi connectivity index (χ1n) is 11.2. The van der Waals surface area contributed by atoms with Gasteiger partial charge in [-0.3, -0.25) is 0 Å². The highest BCUT2D eigenvalue weighted by Crippen LogP contribution is 2.35. The van der Waals surface area contributed by atoms with E-state index in [4.69, 9.17) is 9.47 Å². The van der Waals surface area contributed by atoms with Crippen LogP contribution in [-0.2, 0) is 14.3 Å². The van der Waals surface area contributed by atoms with Crippen molar-refractivity contribution in [3.8, 4) is 10.6 Å². The number of carbonyl (C=O) groups excluding carboxylic acids is 2. The number of para-hydroxylation sites is 1. The highest BCUT2D eigenvalue weighted by molar-refractivity contribution is 7.13. The van der Waals surface area contributed by atoms with Crippen LogP contribution in [-0.4, -0.2) is 29.6 Å². The van der Waals surface area contributed by atoms with Crippen LogP contribution in [0, 0.1) is 17.8 Å². The first-order chi connectivity index (χ1) is 15.4. The van der Waals surface area contributed by atoms with E-state index >= 15 is 0 Å². The van der Waals surface area contributed by atoms with E-state index in [9.17, 15) is 9.59 Å². The Balaban J connectivity index is 1.47. The van der Waals surface area contributed by atoms with Gasteiger partial charge in [-0.2, -0.15) is 0 Å². The third-order valence-corrected chi connectivity index (χ3v) is 7.17. The number of thiophene rings is 1. The largest absolute Gasteiger partial charge is 0.460 e. The summed E-state index contributed by atoms with van der Waals surface area (Å²) < 4.78 is 11.2. The third-order valence-electron chi connectivity index (χ3n) is 6.27. The normalized spacial score (nSPS) is 20.9. The SMILES string of the molecule is CC(C)[C@H]1CC[C@@H](C)C[C@@H]1OC(=O)COC(=O)c1cc(-c2cccs2)nc2ccccc12. The molecule has 0 radical (unpaired) electrons. The van der Waals surface area contributed by atoms with Crippen LogP contribution in [0.5, 0.6) is 0 Å². The molecule has 0 unspecified atom stereocenters. The van der Waals surface area contributed by atoms with Gasteiger partial charge in [0.25, 0.3) is 0 Å². The Morgan fingerprint density at radius 1 is 1.16 bits per heavy atom. The summed E-state index contributed by atoms with van der Waals surface area (Å²) in [5.41, 5.74) is 1.83. The van der Waals surface area contributed by atoms with Crippen LogP contribution < -0.4 is 0 Å². The van der Waals surface area contributed by atoms with E-state index in [-0.39, 0.29) is 12.7 Å². The van der Waals surface area contributed by atoms with Gasteiger partial charge in [-0.25, -0.2) is 14.6 Å². The number of pyridine rings is 1. The molecule has 0 saturated heterocycles. The van der Waals surface area contributed by atoms with Gasteiger partial charge >= 0.3 is 11.9 Å². The van der Waals surface area contributed by atoms with Crippen molar-refractivity contribution in [3.63, 3.8) is 0 Å². The molecule has 1 aliphatic rings. The van der Waals surface area contributed by atoms with E-state index in [0.29, 0.717) is 39.9 Å². The molecule has 0 bridgehead atoms. The highest BCUT2D eigenvalue weighted by atomic mass is 32.1. The van der Waals surface area contributed by atoms with Crippen molar-refractivity contribution in [3.05, 3.63) is 53.4 Å². The summed E-state index contributed by atoms with van der Waals surface area (Å²) in [5.74, 6) is 0.296. The summed E-state index contributed by atoms with van der Waals surface area (Å²) in [6, 6.07) is 13.1. The number of ether oxygens (including phenoxy) is 2. The second-order valence-corrected chi connectivity index (χ2v) is 9.93. The van der Waals surface area contributed by atoms with Crippen LogP contribution in [0.1, 0.15) is 50.4 Å². The summed E-state index contributed by atoms with van der Waals surface area (Å²) in [7, 11) is 0. The van der Waals surface area contributed by atoms with E-state index < -0.39 is 11.9 Å². The zero-order chi connectivity index (χ0) is 22.7. The van der Waals surface area contributed by atoms with Gasteiger partial charge in [0.15, 0.2) is 6.61 Å². The fraction of sp³-hybridized carbons (Fsp3) is 0.423. The lowest BCUT2D eigenvalue weighted by molar-refractivity contribution is -0.159. The highest BCUT2D eigenvalue weighted by Gasteiger charge is 2.33. The van der Waals surface area contributed by atoms with Gasteiger partial charge < -0.3 is 9.47 Å². The zero-order valence-electron chi connectivity index (χ0n) is 18.7. The average molecular weight is 452 g/mol. The minimum absolute atomic E-state index is 0.114. The molecule has 2 heterocycles. The lowest BCUT2D eigenvalue weighted by atomic mass is 9.75. The van der Waals surface area contributed by atoms with Crippen LogP contribution in [0.3, 0.4) is 0 Å². The summed E-state index contributed by atoms with van der Waals surface area (Å²) in [4.78, 5) is 31.1. The van der Waals surface area contributed by atoms with Gasteiger partial charge in [0.2, 0.25) is 0 Å². The topological polar surface area (TPSA) is 65.5 Å². The van der Waals surface area contributed by atoms with Crippen molar-refractivity contribution in [1.82, 2.24) is 4.98 Å². The Kier molecular flexibility index (Phi) is 6.89. The second kappa shape index (κ2) is 9.82. The van der Waals surface area contributed by atoms with Crippen LogP contribution in [0.15, 0.2) is 47.8 Å². The number of rotatable bonds is 6. The molecule has 0 aliphatic heterocycles. The van der Waals surface area contributed by atoms with Gasteiger partial charge in [-0.1, -0.05) is 51.5 Å². The maximum absolute atomic E-state index is 12.9. The minimum Gasteiger partial charge on any atom is -0.460 e. The van der Waals surface area contributed by atoms with E-state index in [1.54, 1.807) is 17.4 Å². The quantitative estimate of drug-likeness (QED) is 0.422. The summed E-state index contributed by atoms with van der Waals surface area (Å²) in [6.45, 7) is 6.14. The monoisotopic (exact) mass is 451 g/mol. The van der Waals surface area contributed by atoms with Gasteiger partial charge in [-0.15, -0.1) is 11.3 Å². The standard InChI is InChI=1S/C26H29NO4S/c1-16(2)18-11-10-17(3)13-23(18)31-25(28)15-30-26(29)20-14-22(24-9-6-12-32-24)27-21-8-5-4-7-19(20)21/h4-9,12,14,16-18,23H,10-11,13,15H2,1-3H3/t17-,18-,23+/m1/s1. The molecule has 1 aliphatic carbocycles. The fourth-order valence-corrected chi connectivity index (χ4v) is 5.24. The Labute approximate surface area is 192 Å². The molecule has 32 heavy (non-hydrogen) atoms. The van der Waals surface area contributed by atoms with Crippen molar-refractivity contribution >= 4 is 34.2 Å². The number of esters is 2. The maximum Gasteiger partial charge on any atom is 0.344 e. The third kappa shape index (κ3) is 5.01. The van der Waals surface area contributed by atoms with E-state index in [2.05, 4.69) is 25.8 Å². The zero-order valence-corrected chi connectivity index (χ0v) is 19.6. The van der Waals surface area contributed by atoms with Crippen molar-refractivity contribution in [2.45, 2.75) is 46.1 Å². The van der Waals surface area contributed by atoms with Gasteiger partial charge in [0.05, 0.1) is 21.7 Å². The summed E-state index contributed by atoms with van der Waals surface area (Å²) >= 11 is 1.56. The molecular weight excluding hydrogens is 422 g/mol. The van der Waals surface area contributed by atoms with E-state index in [1.807, 2.05) is 41.8 Å². The van der Waals surface area contributed by atoms with E-state index in [0.717, 1.165) is 24.1 Å². The molecule has 1 fully saturated rings. The second-order valence-electron chi connectivity index (χ2n) is 8.98. The molecule has 3 atom stereocenters. The average Bonchev–Trinajstić information content (AvgIpc) is 3.31. The predicted octanol–water partition coefficient (Wildman–Crippen LogP) is 6.12.